The third kappa shape index (κ3) is 4.79. The monoisotopic (exact) mass is 490 g/mol. The van der Waals surface area contributed by atoms with Gasteiger partial charge in [0.2, 0.25) is 11.8 Å². The molecular formula is C27H42N2O6. The molecule has 8 nitrogen and oxygen atoms in total. The molecule has 3 heterocycles. The molecular weight excluding hydrogens is 448 g/mol. The number of fused-ring (bicyclic) bond motifs is 1. The zero-order valence-corrected chi connectivity index (χ0v) is 21.4. The van der Waals surface area contributed by atoms with E-state index in [1.54, 1.807) is 22.0 Å². The number of esters is 1. The summed E-state index contributed by atoms with van der Waals surface area (Å²) in [7, 11) is 0. The maximum Gasteiger partial charge on any atom is 0.312 e. The first kappa shape index (κ1) is 27.4. The van der Waals surface area contributed by atoms with Crippen molar-refractivity contribution < 1.29 is 29.0 Å². The summed E-state index contributed by atoms with van der Waals surface area (Å²) in [6, 6.07) is -0.796. The van der Waals surface area contributed by atoms with E-state index in [0.717, 1.165) is 12.8 Å². The van der Waals surface area contributed by atoms with Crippen LogP contribution >= 0.6 is 0 Å². The summed E-state index contributed by atoms with van der Waals surface area (Å²) >= 11 is 0. The molecule has 2 amide bonds. The van der Waals surface area contributed by atoms with Gasteiger partial charge in [0.1, 0.15) is 17.6 Å². The van der Waals surface area contributed by atoms with Crippen molar-refractivity contribution in [1.82, 2.24) is 9.80 Å². The van der Waals surface area contributed by atoms with Gasteiger partial charge in [-0.3, -0.25) is 14.4 Å². The average molecular weight is 491 g/mol. The van der Waals surface area contributed by atoms with Crippen molar-refractivity contribution >= 4 is 17.8 Å². The second-order valence-corrected chi connectivity index (χ2v) is 9.97. The fourth-order valence-electron chi connectivity index (χ4n) is 6.29. The lowest BCUT2D eigenvalue weighted by molar-refractivity contribution is -0.161. The fraction of sp³-hybridized carbons (Fsp3) is 0.741. The molecule has 3 fully saturated rings. The number of carbonyl (C=O) groups is 3. The van der Waals surface area contributed by atoms with Crippen LogP contribution < -0.4 is 0 Å². The molecule has 0 radical (unpaired) electrons. The molecule has 5 atom stereocenters. The zero-order valence-electron chi connectivity index (χ0n) is 21.4. The van der Waals surface area contributed by atoms with Gasteiger partial charge in [0.05, 0.1) is 18.1 Å². The minimum atomic E-state index is -1.04. The number of hydrogen-bond acceptors (Lipinski definition) is 6. The second-order valence-electron chi connectivity index (χ2n) is 9.97. The van der Waals surface area contributed by atoms with E-state index in [1.807, 2.05) is 6.92 Å². The average Bonchev–Trinajstić information content (AvgIpc) is 3.45. The quantitative estimate of drug-likeness (QED) is 0.215. The topological polar surface area (TPSA) is 96.4 Å². The van der Waals surface area contributed by atoms with Crippen LogP contribution in [0.4, 0.5) is 0 Å². The summed E-state index contributed by atoms with van der Waals surface area (Å²) in [5.74, 6) is -2.26. The Bertz CT molecular complexity index is 815. The number of hydrogen-bond donors (Lipinski definition) is 1. The highest BCUT2D eigenvalue weighted by atomic mass is 16.6. The summed E-state index contributed by atoms with van der Waals surface area (Å²) in [6.07, 6.45) is 8.53. The van der Waals surface area contributed by atoms with Gasteiger partial charge in [-0.05, 0) is 44.9 Å². The predicted molar refractivity (Wildman–Crippen MR) is 132 cm³/mol. The lowest BCUT2D eigenvalue weighted by Crippen LogP contribution is -2.56. The highest BCUT2D eigenvalue weighted by Gasteiger charge is 2.79. The Morgan fingerprint density at radius 1 is 1.23 bits per heavy atom. The lowest BCUT2D eigenvalue weighted by Gasteiger charge is -2.37. The van der Waals surface area contributed by atoms with E-state index >= 15 is 0 Å². The number of rotatable bonds is 15. The van der Waals surface area contributed by atoms with Gasteiger partial charge in [-0.1, -0.05) is 32.4 Å². The Hall–Kier alpha value is -2.19. The third-order valence-corrected chi connectivity index (χ3v) is 7.98. The summed E-state index contributed by atoms with van der Waals surface area (Å²) < 4.78 is 12.3. The molecule has 35 heavy (non-hydrogen) atoms. The molecule has 0 aromatic carbocycles. The highest BCUT2D eigenvalue weighted by molar-refractivity contribution is 5.98. The van der Waals surface area contributed by atoms with Gasteiger partial charge in [0, 0.05) is 26.2 Å². The van der Waals surface area contributed by atoms with Crippen molar-refractivity contribution in [3.63, 3.8) is 0 Å². The van der Waals surface area contributed by atoms with Crippen LogP contribution in [0.15, 0.2) is 25.3 Å². The van der Waals surface area contributed by atoms with Crippen LogP contribution in [0.5, 0.6) is 0 Å². The van der Waals surface area contributed by atoms with Gasteiger partial charge in [-0.25, -0.2) is 0 Å². The van der Waals surface area contributed by atoms with E-state index in [1.165, 1.54) is 0 Å². The van der Waals surface area contributed by atoms with E-state index < -0.39 is 35.0 Å². The fourth-order valence-corrected chi connectivity index (χ4v) is 6.29. The number of aliphatic hydroxyl groups is 1. The van der Waals surface area contributed by atoms with Crippen LogP contribution in [0, 0.1) is 11.8 Å². The van der Waals surface area contributed by atoms with Gasteiger partial charge in [0.25, 0.3) is 0 Å². The van der Waals surface area contributed by atoms with Crippen LogP contribution in [-0.2, 0) is 23.9 Å². The first-order valence-electron chi connectivity index (χ1n) is 13.2. The van der Waals surface area contributed by atoms with Crippen molar-refractivity contribution in [2.45, 2.75) is 82.5 Å². The minimum absolute atomic E-state index is 0.0159. The van der Waals surface area contributed by atoms with Crippen molar-refractivity contribution in [2.24, 2.45) is 11.8 Å². The molecule has 3 aliphatic heterocycles. The largest absolute Gasteiger partial charge is 0.465 e. The number of unbranched alkanes of at least 4 members (excludes halogenated alkanes) is 2. The standard InChI is InChI=1S/C27H42N2O6/c1-5-9-16-28(15-7-3)24(32)22-27-14-13-26(8-4,35-27)21(25(33)34-19-10-6-2)20(27)23(31)29(22)17-11-12-18-30/h6-7,20-22,30H,2-3,5,8-19H2,1,4H3/t20-,21-,22?,26+,27?/m0/s1. The van der Waals surface area contributed by atoms with Crippen LogP contribution in [0.2, 0.25) is 0 Å². The van der Waals surface area contributed by atoms with Gasteiger partial charge in [-0.15, -0.1) is 13.2 Å². The summed E-state index contributed by atoms with van der Waals surface area (Å²) in [4.78, 5) is 44.7. The minimum Gasteiger partial charge on any atom is -0.465 e. The molecule has 0 saturated carbocycles. The van der Waals surface area contributed by atoms with E-state index in [0.29, 0.717) is 58.2 Å². The Kier molecular flexibility index (Phi) is 9.16. The summed E-state index contributed by atoms with van der Waals surface area (Å²) in [5, 5.41) is 9.30. The summed E-state index contributed by atoms with van der Waals surface area (Å²) in [6.45, 7) is 13.1. The van der Waals surface area contributed by atoms with Gasteiger partial charge < -0.3 is 24.4 Å². The normalized spacial score (nSPS) is 30.9. The number of nitrogens with zero attached hydrogens (tertiary/aromatic N) is 2. The van der Waals surface area contributed by atoms with Crippen molar-refractivity contribution in [2.75, 3.05) is 32.8 Å². The maximum atomic E-state index is 14.1. The third-order valence-electron chi connectivity index (χ3n) is 7.98. The molecule has 0 aliphatic carbocycles. The van der Waals surface area contributed by atoms with Gasteiger partial charge >= 0.3 is 5.97 Å². The smallest absolute Gasteiger partial charge is 0.312 e. The van der Waals surface area contributed by atoms with E-state index in [9.17, 15) is 19.5 Å². The molecule has 196 valence electrons. The molecule has 3 aliphatic rings. The van der Waals surface area contributed by atoms with Crippen LogP contribution in [0.3, 0.4) is 0 Å². The molecule has 2 bridgehead atoms. The van der Waals surface area contributed by atoms with Crippen LogP contribution in [0.1, 0.15) is 65.2 Å². The molecule has 8 heteroatoms. The molecule has 3 saturated heterocycles. The first-order valence-corrected chi connectivity index (χ1v) is 13.2. The van der Waals surface area contributed by atoms with Gasteiger partial charge in [-0.2, -0.15) is 0 Å². The SMILES string of the molecule is C=CCCOC(=O)[C@@H]1[C@H]2C(=O)N(CCCCO)C(C(=O)N(CC=C)CCCC)C23CC[C@@]1(CC)O3. The second kappa shape index (κ2) is 11.7. The molecule has 0 aromatic rings. The van der Waals surface area contributed by atoms with Crippen LogP contribution in [0.25, 0.3) is 0 Å². The van der Waals surface area contributed by atoms with Gasteiger partial charge in [0.15, 0.2) is 0 Å². The van der Waals surface area contributed by atoms with E-state index in [2.05, 4.69) is 20.1 Å². The Balaban J connectivity index is 2.01. The first-order chi connectivity index (χ1) is 16.9. The molecule has 2 unspecified atom stereocenters. The number of carbonyl (C=O) groups excluding carboxylic acids is 3. The predicted octanol–water partition coefficient (Wildman–Crippen LogP) is 2.85. The maximum absolute atomic E-state index is 14.1. The van der Waals surface area contributed by atoms with Crippen molar-refractivity contribution in [3.05, 3.63) is 25.3 Å². The van der Waals surface area contributed by atoms with E-state index in [-0.39, 0.29) is 25.0 Å². The molecule has 1 N–H and O–H groups in total. The Morgan fingerprint density at radius 2 is 2.00 bits per heavy atom. The Labute approximate surface area is 209 Å². The molecule has 1 spiro atoms. The molecule has 0 aromatic heterocycles. The number of amides is 2. The lowest BCUT2D eigenvalue weighted by atomic mass is 9.65. The highest BCUT2D eigenvalue weighted by Crippen LogP contribution is 2.64. The summed E-state index contributed by atoms with van der Waals surface area (Å²) in [5.41, 5.74) is -1.84. The Morgan fingerprint density at radius 3 is 2.63 bits per heavy atom. The van der Waals surface area contributed by atoms with Crippen molar-refractivity contribution in [1.29, 1.82) is 0 Å². The van der Waals surface area contributed by atoms with Crippen molar-refractivity contribution in [3.8, 4) is 0 Å². The number of likely N-dealkylation sites (tertiary alicyclic amines) is 1. The van der Waals surface area contributed by atoms with Crippen LogP contribution in [-0.4, -0.2) is 82.8 Å². The van der Waals surface area contributed by atoms with E-state index in [4.69, 9.17) is 9.47 Å². The number of aliphatic hydroxyl groups excluding tert-OH is 1. The zero-order chi connectivity index (χ0) is 25.6. The molecule has 3 rings (SSSR count). The number of ether oxygens (including phenoxy) is 2.